The van der Waals surface area contributed by atoms with Gasteiger partial charge in [-0.2, -0.15) is 13.2 Å². The van der Waals surface area contributed by atoms with Gasteiger partial charge in [-0.05, 0) is 37.1 Å². The van der Waals surface area contributed by atoms with Gasteiger partial charge in [0.15, 0.2) is 0 Å². The van der Waals surface area contributed by atoms with E-state index >= 15 is 0 Å². The summed E-state index contributed by atoms with van der Waals surface area (Å²) in [5, 5.41) is 12.1. The van der Waals surface area contributed by atoms with Crippen LogP contribution < -0.4 is 5.32 Å². The normalized spacial score (nSPS) is 22.9. The molecule has 0 spiro atoms. The van der Waals surface area contributed by atoms with Gasteiger partial charge in [-0.25, -0.2) is 0 Å². The number of hydrogen-bond donors (Lipinski definition) is 2. The maximum Gasteiger partial charge on any atom is 0.416 e. The van der Waals surface area contributed by atoms with Crippen LogP contribution >= 0.6 is 12.4 Å². The summed E-state index contributed by atoms with van der Waals surface area (Å²) in [6, 6.07) is 4.68. The second kappa shape index (κ2) is 6.45. The van der Waals surface area contributed by atoms with Crippen LogP contribution in [0.4, 0.5) is 13.2 Å². The third-order valence-electron chi connectivity index (χ3n) is 3.39. The molecular weight excluding hydrogens is 295 g/mol. The van der Waals surface area contributed by atoms with Gasteiger partial charge in [-0.1, -0.05) is 12.1 Å². The fraction of sp³-hybridized carbons (Fsp3) is 0.462. The minimum absolute atomic E-state index is 0. The summed E-state index contributed by atoms with van der Waals surface area (Å²) >= 11 is 0. The first-order chi connectivity index (χ1) is 8.88. The molecular formula is C13H15ClF3NO2. The molecule has 3 nitrogen and oxygen atoms in total. The molecule has 0 unspecified atom stereocenters. The van der Waals surface area contributed by atoms with Crippen molar-refractivity contribution in [2.75, 3.05) is 6.54 Å². The summed E-state index contributed by atoms with van der Waals surface area (Å²) in [4.78, 5) is 10.9. The lowest BCUT2D eigenvalue weighted by Crippen LogP contribution is -2.34. The van der Waals surface area contributed by atoms with Crippen molar-refractivity contribution in [1.82, 2.24) is 5.32 Å². The molecule has 1 aliphatic rings. The average molecular weight is 310 g/mol. The number of carbonyl (C=O) groups is 1. The Morgan fingerprint density at radius 1 is 1.25 bits per heavy atom. The summed E-state index contributed by atoms with van der Waals surface area (Å²) in [6.45, 7) is 0.558. The Morgan fingerprint density at radius 2 is 1.85 bits per heavy atom. The zero-order valence-corrected chi connectivity index (χ0v) is 11.3. The number of hydrogen-bond acceptors (Lipinski definition) is 2. The SMILES string of the molecule is Cl.O=C(O)[C@H]1CCN[C@@H](c2ccc(C(F)(F)F)cc2)C1. The number of alkyl halides is 3. The van der Waals surface area contributed by atoms with Crippen molar-refractivity contribution in [2.24, 2.45) is 5.92 Å². The number of nitrogens with one attached hydrogen (secondary N) is 1. The predicted octanol–water partition coefficient (Wildman–Crippen LogP) is 3.25. The number of halogens is 4. The fourth-order valence-corrected chi connectivity index (χ4v) is 2.30. The van der Waals surface area contributed by atoms with Crippen molar-refractivity contribution in [3.63, 3.8) is 0 Å². The van der Waals surface area contributed by atoms with E-state index in [0.29, 0.717) is 24.9 Å². The highest BCUT2D eigenvalue weighted by Crippen LogP contribution is 2.32. The number of carboxylic acid groups (broad SMARTS) is 1. The van der Waals surface area contributed by atoms with Crippen LogP contribution in [0.5, 0.6) is 0 Å². The van der Waals surface area contributed by atoms with Gasteiger partial charge in [0.05, 0.1) is 11.5 Å². The molecule has 0 radical (unpaired) electrons. The summed E-state index contributed by atoms with van der Waals surface area (Å²) in [6.07, 6.45) is -3.39. The smallest absolute Gasteiger partial charge is 0.416 e. The van der Waals surface area contributed by atoms with E-state index in [-0.39, 0.29) is 18.4 Å². The number of rotatable bonds is 2. The molecule has 0 saturated carbocycles. The number of benzene rings is 1. The minimum atomic E-state index is -4.35. The predicted molar refractivity (Wildman–Crippen MR) is 69.8 cm³/mol. The quantitative estimate of drug-likeness (QED) is 0.881. The molecule has 1 saturated heterocycles. The Hall–Kier alpha value is -1.27. The molecule has 1 heterocycles. The monoisotopic (exact) mass is 309 g/mol. The summed E-state index contributed by atoms with van der Waals surface area (Å²) in [5.41, 5.74) is 0.000735. The molecule has 0 aliphatic carbocycles. The van der Waals surface area contributed by atoms with Crippen LogP contribution in [0.25, 0.3) is 0 Å². The van der Waals surface area contributed by atoms with Crippen molar-refractivity contribution in [1.29, 1.82) is 0 Å². The van der Waals surface area contributed by atoms with Gasteiger partial charge in [-0.3, -0.25) is 4.79 Å². The molecule has 0 bridgehead atoms. The Morgan fingerprint density at radius 3 is 2.35 bits per heavy atom. The lowest BCUT2D eigenvalue weighted by Gasteiger charge is -2.28. The molecule has 1 aromatic rings. The molecule has 0 aromatic heterocycles. The van der Waals surface area contributed by atoms with Crippen molar-refractivity contribution >= 4 is 18.4 Å². The van der Waals surface area contributed by atoms with Crippen molar-refractivity contribution in [2.45, 2.75) is 25.1 Å². The Balaban J connectivity index is 0.00000200. The van der Waals surface area contributed by atoms with E-state index in [0.717, 1.165) is 12.1 Å². The molecule has 1 aliphatic heterocycles. The highest BCUT2D eigenvalue weighted by Gasteiger charge is 2.31. The molecule has 0 amide bonds. The highest BCUT2D eigenvalue weighted by molar-refractivity contribution is 5.85. The molecule has 1 fully saturated rings. The van der Waals surface area contributed by atoms with Gasteiger partial charge in [-0.15, -0.1) is 12.4 Å². The van der Waals surface area contributed by atoms with Crippen LogP contribution in [-0.4, -0.2) is 17.6 Å². The summed E-state index contributed by atoms with van der Waals surface area (Å²) in [7, 11) is 0. The molecule has 2 N–H and O–H groups in total. The van der Waals surface area contributed by atoms with Crippen molar-refractivity contribution in [3.8, 4) is 0 Å². The molecule has 1 aromatic carbocycles. The van der Waals surface area contributed by atoms with E-state index in [9.17, 15) is 18.0 Å². The van der Waals surface area contributed by atoms with Gasteiger partial charge >= 0.3 is 12.1 Å². The first kappa shape index (κ1) is 16.8. The maximum absolute atomic E-state index is 12.4. The van der Waals surface area contributed by atoms with Gasteiger partial charge in [0.25, 0.3) is 0 Å². The van der Waals surface area contributed by atoms with Crippen LogP contribution in [0.2, 0.25) is 0 Å². The van der Waals surface area contributed by atoms with Gasteiger partial charge < -0.3 is 10.4 Å². The zero-order chi connectivity index (χ0) is 14.0. The fourth-order valence-electron chi connectivity index (χ4n) is 2.30. The number of carboxylic acids is 1. The van der Waals surface area contributed by atoms with E-state index < -0.39 is 23.6 Å². The van der Waals surface area contributed by atoms with Gasteiger partial charge in [0.2, 0.25) is 0 Å². The Kier molecular flexibility index (Phi) is 5.42. The van der Waals surface area contributed by atoms with Crippen molar-refractivity contribution < 1.29 is 23.1 Å². The van der Waals surface area contributed by atoms with Gasteiger partial charge in [0, 0.05) is 6.04 Å². The van der Waals surface area contributed by atoms with Crippen LogP contribution in [-0.2, 0) is 11.0 Å². The van der Waals surface area contributed by atoms with Crippen LogP contribution in [0, 0.1) is 5.92 Å². The average Bonchev–Trinajstić information content (AvgIpc) is 2.38. The lowest BCUT2D eigenvalue weighted by atomic mass is 9.88. The van der Waals surface area contributed by atoms with E-state index in [1.165, 1.54) is 12.1 Å². The minimum Gasteiger partial charge on any atom is -0.481 e. The van der Waals surface area contributed by atoms with E-state index in [1.54, 1.807) is 0 Å². The number of piperidine rings is 1. The first-order valence-corrected chi connectivity index (χ1v) is 6.01. The molecule has 2 atom stereocenters. The second-order valence-electron chi connectivity index (χ2n) is 4.69. The third kappa shape index (κ3) is 3.86. The standard InChI is InChI=1S/C13H14F3NO2.ClH/c14-13(15,16)10-3-1-8(2-4-10)11-7-9(12(18)19)5-6-17-11;/h1-4,9,11,17H,5-7H2,(H,18,19);1H/t9-,11+;/m0./s1. The molecule has 20 heavy (non-hydrogen) atoms. The third-order valence-corrected chi connectivity index (χ3v) is 3.39. The Labute approximate surface area is 120 Å². The highest BCUT2D eigenvalue weighted by atomic mass is 35.5. The van der Waals surface area contributed by atoms with E-state index in [2.05, 4.69) is 5.32 Å². The largest absolute Gasteiger partial charge is 0.481 e. The van der Waals surface area contributed by atoms with E-state index in [1.807, 2.05) is 0 Å². The molecule has 7 heteroatoms. The zero-order valence-electron chi connectivity index (χ0n) is 10.5. The lowest BCUT2D eigenvalue weighted by molar-refractivity contribution is -0.143. The van der Waals surface area contributed by atoms with Crippen LogP contribution in [0.3, 0.4) is 0 Å². The first-order valence-electron chi connectivity index (χ1n) is 6.01. The molecule has 2 rings (SSSR count). The Bertz CT molecular complexity index is 462. The summed E-state index contributed by atoms with van der Waals surface area (Å²) in [5.74, 6) is -1.29. The van der Waals surface area contributed by atoms with Crippen LogP contribution in [0.1, 0.15) is 30.0 Å². The van der Waals surface area contributed by atoms with E-state index in [4.69, 9.17) is 5.11 Å². The van der Waals surface area contributed by atoms with Gasteiger partial charge in [0.1, 0.15) is 0 Å². The maximum atomic E-state index is 12.4. The second-order valence-corrected chi connectivity index (χ2v) is 4.69. The summed E-state index contributed by atoms with van der Waals surface area (Å²) < 4.78 is 37.3. The van der Waals surface area contributed by atoms with Crippen molar-refractivity contribution in [3.05, 3.63) is 35.4 Å². The topological polar surface area (TPSA) is 49.3 Å². The van der Waals surface area contributed by atoms with Crippen LogP contribution in [0.15, 0.2) is 24.3 Å². The number of aliphatic carboxylic acids is 1. The molecule has 112 valence electrons.